The van der Waals surface area contributed by atoms with Gasteiger partial charge in [-0.05, 0) is 24.4 Å². The molecule has 3 heteroatoms. The van der Waals surface area contributed by atoms with E-state index in [1.807, 2.05) is 6.07 Å². The Bertz CT molecular complexity index is 521. The summed E-state index contributed by atoms with van der Waals surface area (Å²) in [6.45, 7) is 2.08. The maximum Gasteiger partial charge on any atom is 0.135 e. The van der Waals surface area contributed by atoms with Crippen LogP contribution < -0.4 is 10.5 Å². The summed E-state index contributed by atoms with van der Waals surface area (Å²) in [7, 11) is 0. The Morgan fingerprint density at radius 3 is 3.00 bits per heavy atom. The van der Waals surface area contributed by atoms with Crippen LogP contribution in [0.4, 0.5) is 0 Å². The highest BCUT2D eigenvalue weighted by Crippen LogP contribution is 2.40. The largest absolute Gasteiger partial charge is 0.484 e. The molecule has 2 N–H and O–H groups in total. The molecule has 0 fully saturated rings. The first kappa shape index (κ1) is 10.8. The smallest absolute Gasteiger partial charge is 0.135 e. The molecular formula is C14H15NOS. The zero-order chi connectivity index (χ0) is 11.8. The van der Waals surface area contributed by atoms with Gasteiger partial charge in [-0.25, -0.2) is 0 Å². The Morgan fingerprint density at radius 1 is 1.35 bits per heavy atom. The highest BCUT2D eigenvalue weighted by atomic mass is 32.1. The Balaban J connectivity index is 1.96. The van der Waals surface area contributed by atoms with Gasteiger partial charge in [0.25, 0.3) is 0 Å². The molecule has 0 saturated carbocycles. The number of nitrogens with two attached hydrogens (primary N) is 1. The maximum absolute atomic E-state index is 6.24. The molecule has 2 aromatic rings. The van der Waals surface area contributed by atoms with Gasteiger partial charge in [-0.15, -0.1) is 11.3 Å². The summed E-state index contributed by atoms with van der Waals surface area (Å²) in [5.41, 5.74) is 8.61. The van der Waals surface area contributed by atoms with Gasteiger partial charge >= 0.3 is 0 Å². The Morgan fingerprint density at radius 2 is 2.24 bits per heavy atom. The standard InChI is InChI=1S/C14H15NOS/c1-9-4-5-12-10(7-9)11(15)8-13(16-12)14-3-2-6-17-14/h2-7,11,13H,8,15H2,1H3/t11-,13?/m1/s1. The summed E-state index contributed by atoms with van der Waals surface area (Å²) >= 11 is 1.73. The fourth-order valence-electron chi connectivity index (χ4n) is 2.27. The van der Waals surface area contributed by atoms with Crippen LogP contribution in [0.3, 0.4) is 0 Å². The molecule has 2 atom stereocenters. The van der Waals surface area contributed by atoms with Gasteiger partial charge in [0.1, 0.15) is 11.9 Å². The Kier molecular flexibility index (Phi) is 2.65. The number of aryl methyl sites for hydroxylation is 1. The van der Waals surface area contributed by atoms with E-state index in [-0.39, 0.29) is 12.1 Å². The third kappa shape index (κ3) is 1.96. The van der Waals surface area contributed by atoms with Crippen molar-refractivity contribution in [2.75, 3.05) is 0 Å². The van der Waals surface area contributed by atoms with Gasteiger partial charge in [0.2, 0.25) is 0 Å². The molecule has 0 saturated heterocycles. The number of thiophene rings is 1. The summed E-state index contributed by atoms with van der Waals surface area (Å²) in [5, 5.41) is 2.08. The summed E-state index contributed by atoms with van der Waals surface area (Å²) in [4.78, 5) is 1.26. The van der Waals surface area contributed by atoms with Crippen molar-refractivity contribution in [3.63, 3.8) is 0 Å². The molecule has 1 aliphatic rings. The van der Waals surface area contributed by atoms with Crippen LogP contribution in [0.1, 0.15) is 34.6 Å². The lowest BCUT2D eigenvalue weighted by atomic mass is 9.95. The first-order valence-corrected chi connectivity index (χ1v) is 6.68. The number of rotatable bonds is 1. The van der Waals surface area contributed by atoms with Crippen LogP contribution in [0.5, 0.6) is 5.75 Å². The second kappa shape index (κ2) is 4.17. The van der Waals surface area contributed by atoms with Gasteiger partial charge in [-0.1, -0.05) is 23.8 Å². The second-order valence-corrected chi connectivity index (χ2v) is 5.48. The molecule has 17 heavy (non-hydrogen) atoms. The minimum atomic E-state index is 0.0748. The van der Waals surface area contributed by atoms with Crippen molar-refractivity contribution in [2.24, 2.45) is 5.73 Å². The fraction of sp³-hybridized carbons (Fsp3) is 0.286. The van der Waals surface area contributed by atoms with Crippen LogP contribution in [-0.4, -0.2) is 0 Å². The van der Waals surface area contributed by atoms with E-state index in [4.69, 9.17) is 10.5 Å². The van der Waals surface area contributed by atoms with Gasteiger partial charge in [0, 0.05) is 22.9 Å². The monoisotopic (exact) mass is 245 g/mol. The van der Waals surface area contributed by atoms with E-state index in [9.17, 15) is 0 Å². The molecule has 0 amide bonds. The van der Waals surface area contributed by atoms with Crippen molar-refractivity contribution in [3.8, 4) is 5.75 Å². The Hall–Kier alpha value is -1.32. The first-order chi connectivity index (χ1) is 8.24. The summed E-state index contributed by atoms with van der Waals surface area (Å²) in [5.74, 6) is 0.938. The van der Waals surface area contributed by atoms with Crippen LogP contribution in [0, 0.1) is 6.92 Å². The predicted molar refractivity (Wildman–Crippen MR) is 70.4 cm³/mol. The molecule has 88 valence electrons. The first-order valence-electron chi connectivity index (χ1n) is 5.80. The molecule has 1 aliphatic heterocycles. The summed E-state index contributed by atoms with van der Waals surface area (Å²) in [6, 6.07) is 10.5. The number of hydrogen-bond acceptors (Lipinski definition) is 3. The van der Waals surface area contributed by atoms with Crippen LogP contribution >= 0.6 is 11.3 Å². The lowest BCUT2D eigenvalue weighted by Crippen LogP contribution is -2.23. The zero-order valence-electron chi connectivity index (χ0n) is 9.72. The van der Waals surface area contributed by atoms with Gasteiger partial charge in [-0.2, -0.15) is 0 Å². The average molecular weight is 245 g/mol. The van der Waals surface area contributed by atoms with Crippen molar-refractivity contribution >= 4 is 11.3 Å². The van der Waals surface area contributed by atoms with Crippen molar-refractivity contribution in [2.45, 2.75) is 25.5 Å². The topological polar surface area (TPSA) is 35.2 Å². The van der Waals surface area contributed by atoms with E-state index in [0.29, 0.717) is 0 Å². The van der Waals surface area contributed by atoms with Gasteiger partial charge in [0.15, 0.2) is 0 Å². The predicted octanol–water partition coefficient (Wildman–Crippen LogP) is 3.58. The minimum Gasteiger partial charge on any atom is -0.484 e. The third-order valence-electron chi connectivity index (χ3n) is 3.16. The molecule has 1 unspecified atom stereocenters. The summed E-state index contributed by atoms with van der Waals surface area (Å²) in [6.07, 6.45) is 0.969. The number of hydrogen-bond donors (Lipinski definition) is 1. The van der Waals surface area contributed by atoms with Gasteiger partial charge in [0.05, 0.1) is 0 Å². The normalized spacial score (nSPS) is 22.9. The molecule has 2 heterocycles. The zero-order valence-corrected chi connectivity index (χ0v) is 10.5. The van der Waals surface area contributed by atoms with E-state index < -0.39 is 0 Å². The van der Waals surface area contributed by atoms with Crippen LogP contribution in [0.15, 0.2) is 35.7 Å². The fourth-order valence-corrected chi connectivity index (χ4v) is 3.04. The molecule has 1 aromatic carbocycles. The van der Waals surface area contributed by atoms with Crippen molar-refractivity contribution < 1.29 is 4.74 Å². The van der Waals surface area contributed by atoms with E-state index in [1.165, 1.54) is 10.4 Å². The summed E-state index contributed by atoms with van der Waals surface area (Å²) < 4.78 is 6.03. The number of fused-ring (bicyclic) bond motifs is 1. The van der Waals surface area contributed by atoms with Crippen molar-refractivity contribution in [1.29, 1.82) is 0 Å². The quantitative estimate of drug-likeness (QED) is 0.833. The van der Waals surface area contributed by atoms with E-state index in [0.717, 1.165) is 17.7 Å². The number of benzene rings is 1. The molecule has 0 spiro atoms. The SMILES string of the molecule is Cc1ccc2c(c1)[C@H](N)CC(c1cccs1)O2. The molecule has 0 aliphatic carbocycles. The van der Waals surface area contributed by atoms with Crippen molar-refractivity contribution in [3.05, 3.63) is 51.7 Å². The molecule has 3 rings (SSSR count). The van der Waals surface area contributed by atoms with E-state index >= 15 is 0 Å². The Labute approximate surface area is 105 Å². The molecule has 0 radical (unpaired) electrons. The van der Waals surface area contributed by atoms with Crippen LogP contribution in [0.25, 0.3) is 0 Å². The van der Waals surface area contributed by atoms with Crippen molar-refractivity contribution in [1.82, 2.24) is 0 Å². The lowest BCUT2D eigenvalue weighted by Gasteiger charge is -2.30. The lowest BCUT2D eigenvalue weighted by molar-refractivity contribution is 0.165. The maximum atomic E-state index is 6.24. The highest BCUT2D eigenvalue weighted by Gasteiger charge is 2.27. The second-order valence-electron chi connectivity index (χ2n) is 4.51. The van der Waals surface area contributed by atoms with Gasteiger partial charge < -0.3 is 10.5 Å². The van der Waals surface area contributed by atoms with Crippen LogP contribution in [-0.2, 0) is 0 Å². The van der Waals surface area contributed by atoms with E-state index in [1.54, 1.807) is 11.3 Å². The molecule has 1 aromatic heterocycles. The van der Waals surface area contributed by atoms with Gasteiger partial charge in [-0.3, -0.25) is 0 Å². The van der Waals surface area contributed by atoms with E-state index in [2.05, 4.69) is 36.6 Å². The average Bonchev–Trinajstić information content (AvgIpc) is 2.83. The highest BCUT2D eigenvalue weighted by molar-refractivity contribution is 7.10. The minimum absolute atomic E-state index is 0.0748. The van der Waals surface area contributed by atoms with Crippen LogP contribution in [0.2, 0.25) is 0 Å². The molecule has 0 bridgehead atoms. The molecular weight excluding hydrogens is 230 g/mol. The number of ether oxygens (including phenoxy) is 1. The third-order valence-corrected chi connectivity index (χ3v) is 4.13. The molecule has 2 nitrogen and oxygen atoms in total.